The summed E-state index contributed by atoms with van der Waals surface area (Å²) in [6.07, 6.45) is 2.42. The summed E-state index contributed by atoms with van der Waals surface area (Å²) in [7, 11) is -4.28. The van der Waals surface area contributed by atoms with Crippen LogP contribution in [0.4, 0.5) is 5.82 Å². The van der Waals surface area contributed by atoms with Crippen LogP contribution in [0.3, 0.4) is 0 Å². The van der Waals surface area contributed by atoms with Gasteiger partial charge in [-0.3, -0.25) is 13.6 Å². The monoisotopic (exact) mass is 427 g/mol. The summed E-state index contributed by atoms with van der Waals surface area (Å²) in [5.41, 5.74) is 5.99. The van der Waals surface area contributed by atoms with E-state index in [0.717, 1.165) is 0 Å². The van der Waals surface area contributed by atoms with Crippen LogP contribution in [-0.4, -0.2) is 42.2 Å². The standard InChI is InChI=1S/C18H30N5O5P/c1-17(2,3)8-12-11(27-29(24,25)28-18(4,5)6)7-13(26-12)23-10-22-14-15(19)20-9-21-16(14)23/h9-13H,7-8H2,1-6H3,(H,24,25)(H2,19,20,21). The Labute approximate surface area is 170 Å². The molecule has 0 amide bonds. The first-order valence-electron chi connectivity index (χ1n) is 9.54. The Morgan fingerprint density at radius 1 is 1.28 bits per heavy atom. The van der Waals surface area contributed by atoms with E-state index in [1.165, 1.54) is 6.33 Å². The molecule has 1 aliphatic heterocycles. The molecule has 4 unspecified atom stereocenters. The van der Waals surface area contributed by atoms with E-state index in [4.69, 9.17) is 19.5 Å². The van der Waals surface area contributed by atoms with Crippen molar-refractivity contribution >= 4 is 24.8 Å². The molecule has 1 fully saturated rings. The van der Waals surface area contributed by atoms with E-state index in [2.05, 4.69) is 35.7 Å². The Kier molecular flexibility index (Phi) is 5.79. The minimum Gasteiger partial charge on any atom is -0.382 e. The molecular formula is C18H30N5O5P. The molecule has 0 bridgehead atoms. The van der Waals surface area contributed by atoms with E-state index in [0.29, 0.717) is 24.0 Å². The number of aromatic nitrogens is 4. The van der Waals surface area contributed by atoms with Crippen LogP contribution < -0.4 is 5.73 Å². The molecule has 162 valence electrons. The van der Waals surface area contributed by atoms with Crippen LogP contribution >= 0.6 is 7.82 Å². The number of rotatable bonds is 5. The molecule has 3 rings (SSSR count). The number of fused-ring (bicyclic) bond motifs is 1. The lowest BCUT2D eigenvalue weighted by Crippen LogP contribution is -2.29. The van der Waals surface area contributed by atoms with Crippen LogP contribution in [0.1, 0.15) is 60.6 Å². The van der Waals surface area contributed by atoms with Gasteiger partial charge in [-0.1, -0.05) is 20.8 Å². The quantitative estimate of drug-likeness (QED) is 0.688. The number of nitrogens with two attached hydrogens (primary N) is 1. The van der Waals surface area contributed by atoms with Crippen LogP contribution in [-0.2, 0) is 18.3 Å². The summed E-state index contributed by atoms with van der Waals surface area (Å²) in [5, 5.41) is 0. The van der Waals surface area contributed by atoms with Crippen LogP contribution in [0.2, 0.25) is 0 Å². The molecule has 1 saturated heterocycles. The average Bonchev–Trinajstić information content (AvgIpc) is 3.08. The van der Waals surface area contributed by atoms with Gasteiger partial charge in [0, 0.05) is 6.42 Å². The molecule has 0 saturated carbocycles. The third-order valence-corrected chi connectivity index (χ3v) is 5.66. The Hall–Kier alpha value is -1.58. The van der Waals surface area contributed by atoms with E-state index in [9.17, 15) is 9.46 Å². The van der Waals surface area contributed by atoms with Crippen LogP contribution in [0.5, 0.6) is 0 Å². The normalized spacial score (nSPS) is 25.4. The van der Waals surface area contributed by atoms with Crippen LogP contribution in [0.15, 0.2) is 12.7 Å². The summed E-state index contributed by atoms with van der Waals surface area (Å²) in [6.45, 7) is 11.3. The molecule has 0 spiro atoms. The first-order valence-corrected chi connectivity index (χ1v) is 11.0. The highest BCUT2D eigenvalue weighted by atomic mass is 31.2. The van der Waals surface area contributed by atoms with Crippen molar-refractivity contribution in [2.75, 3.05) is 5.73 Å². The van der Waals surface area contributed by atoms with Gasteiger partial charge in [-0.15, -0.1) is 0 Å². The predicted octanol–water partition coefficient (Wildman–Crippen LogP) is 3.43. The zero-order valence-corrected chi connectivity index (χ0v) is 18.6. The third-order valence-electron chi connectivity index (χ3n) is 4.35. The van der Waals surface area contributed by atoms with Crippen molar-refractivity contribution < 1.29 is 23.2 Å². The summed E-state index contributed by atoms with van der Waals surface area (Å²) < 4.78 is 31.3. The first-order chi connectivity index (χ1) is 13.2. The van der Waals surface area contributed by atoms with Crippen molar-refractivity contribution in [1.82, 2.24) is 19.5 Å². The number of anilines is 1. The number of ether oxygens (including phenoxy) is 1. The number of phosphoric acid groups is 1. The molecule has 3 N–H and O–H groups in total. The summed E-state index contributed by atoms with van der Waals surface area (Å²) >= 11 is 0. The number of nitrogen functional groups attached to an aromatic ring is 1. The van der Waals surface area contributed by atoms with Crippen molar-refractivity contribution in [3.05, 3.63) is 12.7 Å². The second kappa shape index (κ2) is 7.59. The number of phosphoric ester groups is 1. The molecule has 11 heteroatoms. The lowest BCUT2D eigenvalue weighted by Gasteiger charge is -2.29. The lowest BCUT2D eigenvalue weighted by molar-refractivity contribution is -0.0402. The Morgan fingerprint density at radius 2 is 1.97 bits per heavy atom. The van der Waals surface area contributed by atoms with Gasteiger partial charge < -0.3 is 15.4 Å². The zero-order valence-electron chi connectivity index (χ0n) is 17.7. The predicted molar refractivity (Wildman–Crippen MR) is 108 cm³/mol. The molecule has 4 atom stereocenters. The fourth-order valence-corrected chi connectivity index (χ4v) is 4.69. The smallest absolute Gasteiger partial charge is 0.382 e. The van der Waals surface area contributed by atoms with Gasteiger partial charge in [0.25, 0.3) is 0 Å². The van der Waals surface area contributed by atoms with E-state index in [1.807, 2.05) is 0 Å². The van der Waals surface area contributed by atoms with Gasteiger partial charge in [0.05, 0.1) is 24.1 Å². The third kappa shape index (κ3) is 5.52. The SMILES string of the molecule is CC(C)(C)CC1OC(n2cnc3c(N)ncnc32)CC1OP(=O)(O)OC(C)(C)C. The van der Waals surface area contributed by atoms with Crippen molar-refractivity contribution in [1.29, 1.82) is 0 Å². The first kappa shape index (κ1) is 22.1. The highest BCUT2D eigenvalue weighted by Gasteiger charge is 2.44. The number of hydrogen-bond donors (Lipinski definition) is 2. The van der Waals surface area contributed by atoms with Crippen LogP contribution in [0, 0.1) is 5.41 Å². The molecule has 0 aromatic carbocycles. The van der Waals surface area contributed by atoms with Crippen LogP contribution in [0.25, 0.3) is 11.2 Å². The van der Waals surface area contributed by atoms with Crippen molar-refractivity contribution in [2.24, 2.45) is 5.41 Å². The highest BCUT2D eigenvalue weighted by molar-refractivity contribution is 7.47. The van der Waals surface area contributed by atoms with Gasteiger partial charge >= 0.3 is 7.82 Å². The molecule has 2 aromatic rings. The van der Waals surface area contributed by atoms with Gasteiger partial charge in [-0.05, 0) is 32.6 Å². The molecule has 3 heterocycles. The number of nitrogens with zero attached hydrogens (tertiary/aromatic N) is 4. The number of imidazole rings is 1. The molecule has 1 aliphatic rings. The molecule has 0 radical (unpaired) electrons. The average molecular weight is 427 g/mol. The maximum absolute atomic E-state index is 12.5. The second-order valence-corrected chi connectivity index (χ2v) is 10.9. The molecule has 2 aromatic heterocycles. The van der Waals surface area contributed by atoms with E-state index in [1.54, 1.807) is 31.7 Å². The number of hydrogen-bond acceptors (Lipinski definition) is 8. The Bertz CT molecular complexity index is 919. The van der Waals surface area contributed by atoms with Gasteiger partial charge in [0.1, 0.15) is 18.1 Å². The zero-order chi connectivity index (χ0) is 21.6. The summed E-state index contributed by atoms with van der Waals surface area (Å²) in [6, 6.07) is 0. The van der Waals surface area contributed by atoms with Gasteiger partial charge in [-0.2, -0.15) is 0 Å². The maximum atomic E-state index is 12.5. The Balaban J connectivity index is 1.87. The van der Waals surface area contributed by atoms with Crippen molar-refractivity contribution in [3.63, 3.8) is 0 Å². The minimum atomic E-state index is -4.28. The Morgan fingerprint density at radius 3 is 2.59 bits per heavy atom. The lowest BCUT2D eigenvalue weighted by atomic mass is 9.87. The minimum absolute atomic E-state index is 0.0743. The molecule has 0 aliphatic carbocycles. The largest absolute Gasteiger partial charge is 0.473 e. The van der Waals surface area contributed by atoms with Gasteiger partial charge in [0.2, 0.25) is 0 Å². The van der Waals surface area contributed by atoms with Crippen molar-refractivity contribution in [2.45, 2.75) is 78.4 Å². The van der Waals surface area contributed by atoms with E-state index < -0.39 is 31.9 Å². The summed E-state index contributed by atoms with van der Waals surface area (Å²) in [4.78, 5) is 22.7. The van der Waals surface area contributed by atoms with E-state index in [-0.39, 0.29) is 11.2 Å². The molecule has 10 nitrogen and oxygen atoms in total. The second-order valence-electron chi connectivity index (χ2n) is 9.53. The van der Waals surface area contributed by atoms with Gasteiger partial charge in [0.15, 0.2) is 11.5 Å². The van der Waals surface area contributed by atoms with Crippen molar-refractivity contribution in [3.8, 4) is 0 Å². The maximum Gasteiger partial charge on any atom is 0.473 e. The fraction of sp³-hybridized carbons (Fsp3) is 0.722. The fourth-order valence-electron chi connectivity index (χ4n) is 3.39. The summed E-state index contributed by atoms with van der Waals surface area (Å²) in [5.74, 6) is 0.282. The molecular weight excluding hydrogens is 397 g/mol. The topological polar surface area (TPSA) is 135 Å². The highest BCUT2D eigenvalue weighted by Crippen LogP contribution is 2.52. The van der Waals surface area contributed by atoms with E-state index >= 15 is 0 Å². The molecule has 29 heavy (non-hydrogen) atoms. The van der Waals surface area contributed by atoms with Gasteiger partial charge in [-0.25, -0.2) is 19.5 Å².